The van der Waals surface area contributed by atoms with Crippen molar-refractivity contribution >= 4 is 23.6 Å². The van der Waals surface area contributed by atoms with Gasteiger partial charge in [-0.3, -0.25) is 4.57 Å². The summed E-state index contributed by atoms with van der Waals surface area (Å²) in [6.07, 6.45) is 2.78. The van der Waals surface area contributed by atoms with Crippen molar-refractivity contribution in [3.8, 4) is 11.4 Å². The molecule has 4 rings (SSSR count). The summed E-state index contributed by atoms with van der Waals surface area (Å²) in [7, 11) is 1.55. The van der Waals surface area contributed by atoms with Crippen LogP contribution in [-0.2, 0) is 11.3 Å². The van der Waals surface area contributed by atoms with E-state index in [1.54, 1.807) is 19.2 Å². The summed E-state index contributed by atoms with van der Waals surface area (Å²) in [6, 6.07) is 12.8. The van der Waals surface area contributed by atoms with Crippen LogP contribution < -0.4 is 15.8 Å². The minimum atomic E-state index is -0.662. The number of methoxy groups -OCH3 is 1. The third-order valence-corrected chi connectivity index (χ3v) is 4.34. The highest BCUT2D eigenvalue weighted by Crippen LogP contribution is 2.25. The first-order valence-corrected chi connectivity index (χ1v) is 9.39. The number of anilines is 3. The van der Waals surface area contributed by atoms with Crippen LogP contribution in [0.5, 0.6) is 5.75 Å². The number of nitrogens with zero attached hydrogens (tertiary/aromatic N) is 5. The highest BCUT2D eigenvalue weighted by Gasteiger charge is 2.16. The molecule has 0 fully saturated rings. The zero-order valence-corrected chi connectivity index (χ0v) is 16.9. The van der Waals surface area contributed by atoms with Gasteiger partial charge in [-0.15, -0.1) is 0 Å². The lowest BCUT2D eigenvalue weighted by Gasteiger charge is -2.11. The molecule has 0 saturated carbocycles. The predicted molar refractivity (Wildman–Crippen MR) is 113 cm³/mol. The summed E-state index contributed by atoms with van der Waals surface area (Å²) in [5, 5.41) is 3.00. The van der Waals surface area contributed by atoms with E-state index in [0.717, 1.165) is 0 Å². The molecule has 2 aromatic heterocycles. The molecule has 0 spiro atoms. The Kier molecular flexibility index (Phi) is 5.88. The molecule has 0 aliphatic rings. The van der Waals surface area contributed by atoms with Gasteiger partial charge < -0.3 is 20.5 Å². The van der Waals surface area contributed by atoms with Gasteiger partial charge in [-0.2, -0.15) is 15.0 Å². The van der Waals surface area contributed by atoms with Crippen LogP contribution in [0.1, 0.15) is 16.3 Å². The van der Waals surface area contributed by atoms with E-state index in [1.165, 1.54) is 41.4 Å². The Morgan fingerprint density at radius 2 is 1.91 bits per heavy atom. The first-order chi connectivity index (χ1) is 15.5. The van der Waals surface area contributed by atoms with E-state index in [-0.39, 0.29) is 35.8 Å². The molecule has 2 heterocycles. The second kappa shape index (κ2) is 9.08. The molecule has 10 nitrogen and oxygen atoms in total. The van der Waals surface area contributed by atoms with Crippen molar-refractivity contribution in [2.75, 3.05) is 18.2 Å². The molecule has 2 aromatic carbocycles. The number of para-hydroxylation sites is 2. The molecular formula is C21H18FN7O3. The summed E-state index contributed by atoms with van der Waals surface area (Å²) < 4.78 is 25.3. The van der Waals surface area contributed by atoms with Crippen LogP contribution in [-0.4, -0.2) is 37.6 Å². The number of hydrogen-bond acceptors (Lipinski definition) is 9. The zero-order chi connectivity index (χ0) is 22.5. The normalized spacial score (nSPS) is 10.6. The number of aromatic nitrogens is 5. The largest absolute Gasteiger partial charge is 0.495 e. The molecule has 0 unspecified atom stereocenters. The van der Waals surface area contributed by atoms with E-state index in [9.17, 15) is 9.18 Å². The van der Waals surface area contributed by atoms with Crippen LogP contribution in [0.3, 0.4) is 0 Å². The molecule has 4 aromatic rings. The fourth-order valence-electron chi connectivity index (χ4n) is 2.88. The van der Waals surface area contributed by atoms with E-state index in [2.05, 4.69) is 25.3 Å². The molecule has 0 bridgehead atoms. The maximum absolute atomic E-state index is 13.2. The summed E-state index contributed by atoms with van der Waals surface area (Å²) in [6.45, 7) is -0.249. The van der Waals surface area contributed by atoms with Gasteiger partial charge in [0.15, 0.2) is 18.1 Å². The lowest BCUT2D eigenvalue weighted by Crippen LogP contribution is -2.13. The van der Waals surface area contributed by atoms with Gasteiger partial charge in [0, 0.05) is 5.69 Å². The van der Waals surface area contributed by atoms with Gasteiger partial charge in [0.2, 0.25) is 11.9 Å². The van der Waals surface area contributed by atoms with Crippen molar-refractivity contribution in [2.45, 2.75) is 6.61 Å². The smallest absolute Gasteiger partial charge is 0.357 e. The monoisotopic (exact) mass is 435 g/mol. The third kappa shape index (κ3) is 4.61. The van der Waals surface area contributed by atoms with Crippen molar-refractivity contribution in [1.82, 2.24) is 24.5 Å². The number of carbonyl (C=O) groups excluding carboxylic acids is 1. The number of rotatable bonds is 7. The highest BCUT2D eigenvalue weighted by molar-refractivity contribution is 5.88. The minimum Gasteiger partial charge on any atom is -0.495 e. The van der Waals surface area contributed by atoms with Crippen LogP contribution >= 0.6 is 0 Å². The fraction of sp³-hybridized carbons (Fsp3) is 0.0952. The number of nitrogens with one attached hydrogen (secondary N) is 1. The molecule has 11 heteroatoms. The molecule has 0 aliphatic carbocycles. The topological polar surface area (TPSA) is 130 Å². The van der Waals surface area contributed by atoms with Gasteiger partial charge in [-0.05, 0) is 36.4 Å². The van der Waals surface area contributed by atoms with Gasteiger partial charge in [0.05, 0.1) is 25.3 Å². The van der Waals surface area contributed by atoms with Crippen molar-refractivity contribution in [3.63, 3.8) is 0 Å². The van der Waals surface area contributed by atoms with Crippen molar-refractivity contribution in [1.29, 1.82) is 0 Å². The number of halogens is 1. The van der Waals surface area contributed by atoms with Crippen molar-refractivity contribution in [3.05, 3.63) is 78.4 Å². The average molecular weight is 435 g/mol. The van der Waals surface area contributed by atoms with Crippen LogP contribution in [0, 0.1) is 5.82 Å². The SMILES string of the molecule is COc1ccccc1Nc1nc(N)nc(COC(=O)c2cncn2-c2ccc(F)cc2)n1. The van der Waals surface area contributed by atoms with Gasteiger partial charge in [-0.25, -0.2) is 14.2 Å². The lowest BCUT2D eigenvalue weighted by molar-refractivity contribution is 0.0452. The number of carbonyl (C=O) groups is 1. The first-order valence-electron chi connectivity index (χ1n) is 9.39. The second-order valence-corrected chi connectivity index (χ2v) is 6.46. The van der Waals surface area contributed by atoms with Crippen molar-refractivity contribution in [2.24, 2.45) is 0 Å². The Bertz CT molecular complexity index is 1240. The number of nitrogen functional groups attached to an aromatic ring is 1. The highest BCUT2D eigenvalue weighted by atomic mass is 19.1. The maximum atomic E-state index is 13.2. The first kappa shape index (κ1) is 20.7. The Morgan fingerprint density at radius 1 is 1.12 bits per heavy atom. The van der Waals surface area contributed by atoms with E-state index < -0.39 is 5.97 Å². The number of nitrogens with two attached hydrogens (primary N) is 1. The standard InChI is InChI=1S/C21H18FN7O3/c1-31-17-5-3-2-4-15(17)25-21-27-18(26-20(23)28-21)11-32-19(30)16-10-24-12-29(16)14-8-6-13(22)7-9-14/h2-10,12H,11H2,1H3,(H3,23,25,26,27,28). The van der Waals surface area contributed by atoms with Crippen LogP contribution in [0.25, 0.3) is 5.69 Å². The van der Waals surface area contributed by atoms with Gasteiger partial charge in [0.25, 0.3) is 0 Å². The molecule has 0 amide bonds. The number of benzene rings is 2. The number of esters is 1. The average Bonchev–Trinajstić information content (AvgIpc) is 3.28. The number of ether oxygens (including phenoxy) is 2. The molecule has 0 radical (unpaired) electrons. The molecule has 162 valence electrons. The van der Waals surface area contributed by atoms with Crippen LogP contribution in [0.15, 0.2) is 61.1 Å². The maximum Gasteiger partial charge on any atom is 0.357 e. The molecule has 0 aliphatic heterocycles. The van der Waals surface area contributed by atoms with Crippen LogP contribution in [0.2, 0.25) is 0 Å². The molecule has 0 atom stereocenters. The van der Waals surface area contributed by atoms with Crippen molar-refractivity contribution < 1.29 is 18.7 Å². The Labute approximate surface area is 181 Å². The van der Waals surface area contributed by atoms with E-state index >= 15 is 0 Å². The van der Waals surface area contributed by atoms with Crippen LogP contribution in [0.4, 0.5) is 22.0 Å². The summed E-state index contributed by atoms with van der Waals surface area (Å²) in [5.41, 5.74) is 7.13. The van der Waals surface area contributed by atoms with E-state index in [0.29, 0.717) is 17.1 Å². The summed E-state index contributed by atoms with van der Waals surface area (Å²) >= 11 is 0. The fourth-order valence-corrected chi connectivity index (χ4v) is 2.88. The van der Waals surface area contributed by atoms with E-state index in [4.69, 9.17) is 15.2 Å². The quantitative estimate of drug-likeness (QED) is 0.421. The Morgan fingerprint density at radius 3 is 2.69 bits per heavy atom. The Hall–Kier alpha value is -4.54. The third-order valence-electron chi connectivity index (χ3n) is 4.34. The van der Waals surface area contributed by atoms with E-state index in [1.807, 2.05) is 12.1 Å². The molecule has 0 saturated heterocycles. The zero-order valence-electron chi connectivity index (χ0n) is 16.9. The minimum absolute atomic E-state index is 0.0419. The van der Waals surface area contributed by atoms with Gasteiger partial charge in [-0.1, -0.05) is 12.1 Å². The molecular weight excluding hydrogens is 417 g/mol. The molecule has 32 heavy (non-hydrogen) atoms. The van der Waals surface area contributed by atoms with Gasteiger partial charge >= 0.3 is 5.97 Å². The lowest BCUT2D eigenvalue weighted by atomic mass is 10.3. The van der Waals surface area contributed by atoms with Gasteiger partial charge in [0.1, 0.15) is 11.6 Å². The summed E-state index contributed by atoms with van der Waals surface area (Å²) in [5.74, 6) is -0.179. The Balaban J connectivity index is 1.48. The predicted octanol–water partition coefficient (Wildman–Crippen LogP) is 2.89. The molecule has 3 N–H and O–H groups in total. The summed E-state index contributed by atoms with van der Waals surface area (Å²) in [4.78, 5) is 28.9. The number of imidazole rings is 1. The number of hydrogen-bond donors (Lipinski definition) is 2. The second-order valence-electron chi connectivity index (χ2n) is 6.46.